The Morgan fingerprint density at radius 3 is 2.79 bits per heavy atom. The smallest absolute Gasteiger partial charge is 0.319 e. The Morgan fingerprint density at radius 2 is 2.11 bits per heavy atom. The second-order valence-electron chi connectivity index (χ2n) is 4.77. The minimum atomic E-state index is -4.02. The number of fused-ring (bicyclic) bond motifs is 1. The molecule has 0 bridgehead atoms. The molecule has 1 aliphatic rings. The average molecular weight is 277 g/mol. The number of phenols is 1. The Labute approximate surface area is 108 Å². The van der Waals surface area contributed by atoms with E-state index >= 15 is 0 Å². The van der Waals surface area contributed by atoms with E-state index in [1.807, 2.05) is 0 Å². The number of rotatable bonds is 4. The fraction of sp³-hybridized carbons (Fsp3) is 0.538. The molecule has 6 heteroatoms. The maximum absolute atomic E-state index is 12.9. The summed E-state index contributed by atoms with van der Waals surface area (Å²) in [5.41, 5.74) is 1.68. The van der Waals surface area contributed by atoms with Gasteiger partial charge in [0.15, 0.2) is 0 Å². The van der Waals surface area contributed by atoms with Crippen molar-refractivity contribution in [3.63, 3.8) is 0 Å². The Balaban J connectivity index is 2.08. The number of halogens is 4. The van der Waals surface area contributed by atoms with E-state index in [0.717, 1.165) is 24.0 Å². The van der Waals surface area contributed by atoms with Gasteiger partial charge in [-0.25, -0.2) is 8.78 Å². The maximum Gasteiger partial charge on any atom is 0.319 e. The van der Waals surface area contributed by atoms with Crippen molar-refractivity contribution in [2.45, 2.75) is 37.7 Å². The van der Waals surface area contributed by atoms with Crippen LogP contribution in [0.1, 0.15) is 30.0 Å². The summed E-state index contributed by atoms with van der Waals surface area (Å²) < 4.78 is 50.0. The molecule has 0 spiro atoms. The van der Waals surface area contributed by atoms with Gasteiger partial charge in [0.1, 0.15) is 5.75 Å². The molecule has 0 amide bonds. The minimum absolute atomic E-state index is 0.123. The highest BCUT2D eigenvalue weighted by molar-refractivity contribution is 5.38. The van der Waals surface area contributed by atoms with Crippen LogP contribution in [0.25, 0.3) is 0 Å². The number of benzene rings is 1. The zero-order valence-corrected chi connectivity index (χ0v) is 10.2. The second kappa shape index (κ2) is 5.36. The standard InChI is InChI=1S/C13H15F4NO/c14-12(15)13(16,17)7-18-11-3-1-2-8-6-9(19)4-5-10(8)11/h4-6,11-12,18-19H,1-3,7H2. The van der Waals surface area contributed by atoms with Gasteiger partial charge in [-0.15, -0.1) is 0 Å². The summed E-state index contributed by atoms with van der Waals surface area (Å²) >= 11 is 0. The Hall–Kier alpha value is -1.30. The van der Waals surface area contributed by atoms with E-state index in [9.17, 15) is 22.7 Å². The van der Waals surface area contributed by atoms with E-state index in [4.69, 9.17) is 0 Å². The van der Waals surface area contributed by atoms with Crippen molar-refractivity contribution >= 4 is 0 Å². The SMILES string of the molecule is Oc1ccc2c(c1)CCCC2NCC(F)(F)C(F)F. The van der Waals surface area contributed by atoms with Crippen molar-refractivity contribution in [1.29, 1.82) is 0 Å². The summed E-state index contributed by atoms with van der Waals surface area (Å²) in [7, 11) is 0. The van der Waals surface area contributed by atoms with E-state index in [1.165, 1.54) is 6.07 Å². The summed E-state index contributed by atoms with van der Waals surface area (Å²) in [5.74, 6) is -3.90. The molecule has 106 valence electrons. The zero-order chi connectivity index (χ0) is 14.0. The highest BCUT2D eigenvalue weighted by Crippen LogP contribution is 2.32. The van der Waals surface area contributed by atoms with Crippen LogP contribution in [-0.4, -0.2) is 24.0 Å². The molecule has 1 atom stereocenters. The summed E-state index contributed by atoms with van der Waals surface area (Å²) in [6.07, 6.45) is -1.51. The van der Waals surface area contributed by atoms with Gasteiger partial charge in [0, 0.05) is 6.04 Å². The van der Waals surface area contributed by atoms with E-state index < -0.39 is 18.9 Å². The predicted molar refractivity (Wildman–Crippen MR) is 62.7 cm³/mol. The van der Waals surface area contributed by atoms with Crippen LogP contribution in [0.4, 0.5) is 17.6 Å². The number of alkyl halides is 4. The van der Waals surface area contributed by atoms with E-state index in [-0.39, 0.29) is 11.8 Å². The van der Waals surface area contributed by atoms with Gasteiger partial charge in [-0.3, -0.25) is 0 Å². The van der Waals surface area contributed by atoms with Crippen LogP contribution in [0.3, 0.4) is 0 Å². The Morgan fingerprint density at radius 1 is 1.37 bits per heavy atom. The van der Waals surface area contributed by atoms with Crippen LogP contribution >= 0.6 is 0 Å². The number of nitrogens with one attached hydrogen (secondary N) is 1. The molecule has 0 aliphatic heterocycles. The van der Waals surface area contributed by atoms with Gasteiger partial charge in [-0.1, -0.05) is 6.07 Å². The maximum atomic E-state index is 12.9. The predicted octanol–water partition coefficient (Wildman–Crippen LogP) is 3.26. The third-order valence-electron chi connectivity index (χ3n) is 3.34. The van der Waals surface area contributed by atoms with Crippen LogP contribution in [0.5, 0.6) is 5.75 Å². The van der Waals surface area contributed by atoms with Crippen LogP contribution in [-0.2, 0) is 6.42 Å². The first-order valence-electron chi connectivity index (χ1n) is 6.11. The molecule has 2 nitrogen and oxygen atoms in total. The van der Waals surface area contributed by atoms with Gasteiger partial charge >= 0.3 is 12.3 Å². The average Bonchev–Trinajstić information content (AvgIpc) is 2.35. The lowest BCUT2D eigenvalue weighted by Gasteiger charge is -2.28. The highest BCUT2D eigenvalue weighted by Gasteiger charge is 2.41. The topological polar surface area (TPSA) is 32.3 Å². The minimum Gasteiger partial charge on any atom is -0.508 e. The summed E-state index contributed by atoms with van der Waals surface area (Å²) in [5, 5.41) is 11.9. The van der Waals surface area contributed by atoms with Gasteiger partial charge in [0.2, 0.25) is 0 Å². The second-order valence-corrected chi connectivity index (χ2v) is 4.77. The monoisotopic (exact) mass is 277 g/mol. The van der Waals surface area contributed by atoms with Gasteiger partial charge in [0.25, 0.3) is 0 Å². The van der Waals surface area contributed by atoms with Gasteiger partial charge < -0.3 is 10.4 Å². The number of hydrogen-bond donors (Lipinski definition) is 2. The molecular weight excluding hydrogens is 262 g/mol. The number of phenolic OH excluding ortho intramolecular Hbond substituents is 1. The van der Waals surface area contributed by atoms with Crippen LogP contribution < -0.4 is 5.32 Å². The number of hydrogen-bond acceptors (Lipinski definition) is 2. The van der Waals surface area contributed by atoms with Crippen LogP contribution in [0.15, 0.2) is 18.2 Å². The fourth-order valence-electron chi connectivity index (χ4n) is 2.35. The summed E-state index contributed by atoms with van der Waals surface area (Å²) in [6.45, 7) is -1.05. The first-order chi connectivity index (χ1) is 8.90. The molecule has 1 aromatic carbocycles. The molecule has 0 fully saturated rings. The molecule has 0 saturated carbocycles. The number of aryl methyl sites for hydroxylation is 1. The van der Waals surface area contributed by atoms with Crippen molar-refractivity contribution in [2.24, 2.45) is 0 Å². The number of aromatic hydroxyl groups is 1. The molecule has 1 aliphatic carbocycles. The quantitative estimate of drug-likeness (QED) is 0.828. The highest BCUT2D eigenvalue weighted by atomic mass is 19.3. The Bertz CT molecular complexity index is 450. The Kier molecular flexibility index (Phi) is 3.99. The molecular formula is C13H15F4NO. The summed E-state index contributed by atoms with van der Waals surface area (Å²) in [4.78, 5) is 0. The van der Waals surface area contributed by atoms with Crippen molar-refractivity contribution < 1.29 is 22.7 Å². The fourth-order valence-corrected chi connectivity index (χ4v) is 2.35. The zero-order valence-electron chi connectivity index (χ0n) is 10.2. The van der Waals surface area contributed by atoms with Crippen molar-refractivity contribution in [1.82, 2.24) is 5.32 Å². The van der Waals surface area contributed by atoms with Gasteiger partial charge in [-0.05, 0) is 42.5 Å². The van der Waals surface area contributed by atoms with Crippen LogP contribution in [0.2, 0.25) is 0 Å². The van der Waals surface area contributed by atoms with Crippen molar-refractivity contribution in [2.75, 3.05) is 6.54 Å². The molecule has 0 aromatic heterocycles. The molecule has 0 radical (unpaired) electrons. The third kappa shape index (κ3) is 3.18. The normalized spacial score (nSPS) is 19.5. The molecule has 2 N–H and O–H groups in total. The molecule has 0 heterocycles. The van der Waals surface area contributed by atoms with E-state index in [2.05, 4.69) is 5.32 Å². The first-order valence-corrected chi connectivity index (χ1v) is 6.11. The van der Waals surface area contributed by atoms with Crippen LogP contribution in [0, 0.1) is 0 Å². The lowest BCUT2D eigenvalue weighted by molar-refractivity contribution is -0.126. The lowest BCUT2D eigenvalue weighted by atomic mass is 9.87. The largest absolute Gasteiger partial charge is 0.508 e. The molecule has 19 heavy (non-hydrogen) atoms. The lowest BCUT2D eigenvalue weighted by Crippen LogP contribution is -2.41. The molecule has 1 unspecified atom stereocenters. The van der Waals surface area contributed by atoms with Gasteiger partial charge in [0.05, 0.1) is 6.54 Å². The summed E-state index contributed by atoms with van der Waals surface area (Å²) in [6, 6.07) is 4.36. The molecule has 1 aromatic rings. The first kappa shape index (κ1) is 14.1. The van der Waals surface area contributed by atoms with E-state index in [1.54, 1.807) is 12.1 Å². The van der Waals surface area contributed by atoms with E-state index in [0.29, 0.717) is 6.42 Å². The van der Waals surface area contributed by atoms with Crippen molar-refractivity contribution in [3.8, 4) is 5.75 Å². The molecule has 2 rings (SSSR count). The molecule has 0 saturated heterocycles. The van der Waals surface area contributed by atoms with Crippen molar-refractivity contribution in [3.05, 3.63) is 29.3 Å². The van der Waals surface area contributed by atoms with Gasteiger partial charge in [-0.2, -0.15) is 8.78 Å². The third-order valence-corrected chi connectivity index (χ3v) is 3.34.